The first-order chi connectivity index (χ1) is 6.53. The fourth-order valence-electron chi connectivity index (χ4n) is 1.78. The minimum Gasteiger partial charge on any atom is -0.303 e. The summed E-state index contributed by atoms with van der Waals surface area (Å²) in [6, 6.07) is 2.36. The van der Waals surface area contributed by atoms with Gasteiger partial charge < -0.3 is 4.90 Å². The van der Waals surface area contributed by atoms with Crippen LogP contribution in [0.15, 0.2) is 0 Å². The van der Waals surface area contributed by atoms with E-state index in [1.165, 1.54) is 25.9 Å². The molecule has 1 aliphatic rings. The molecular formula is C12H22N2. The number of nitrogens with zero attached hydrogens (tertiary/aromatic N) is 2. The predicted molar refractivity (Wildman–Crippen MR) is 58.8 cm³/mol. The molecule has 14 heavy (non-hydrogen) atoms. The first kappa shape index (κ1) is 11.5. The molecule has 0 unspecified atom stereocenters. The van der Waals surface area contributed by atoms with Crippen LogP contribution >= 0.6 is 0 Å². The van der Waals surface area contributed by atoms with Crippen molar-refractivity contribution in [3.05, 3.63) is 0 Å². The van der Waals surface area contributed by atoms with E-state index in [1.54, 1.807) is 0 Å². The minimum atomic E-state index is -0.150. The highest BCUT2D eigenvalue weighted by Gasteiger charge is 2.20. The van der Waals surface area contributed by atoms with Crippen molar-refractivity contribution < 1.29 is 0 Å². The van der Waals surface area contributed by atoms with Gasteiger partial charge in [0.2, 0.25) is 0 Å². The minimum absolute atomic E-state index is 0.150. The SMILES string of the molecule is CC1CCN(CCC(C)(C)C#N)CC1. The number of hydrogen-bond acceptors (Lipinski definition) is 2. The molecule has 2 heteroatoms. The molecule has 0 aliphatic carbocycles. The van der Waals surface area contributed by atoms with Crippen molar-refractivity contribution in [3.63, 3.8) is 0 Å². The summed E-state index contributed by atoms with van der Waals surface area (Å²) in [6.45, 7) is 9.92. The summed E-state index contributed by atoms with van der Waals surface area (Å²) in [5.74, 6) is 0.898. The Balaban J connectivity index is 2.23. The van der Waals surface area contributed by atoms with E-state index in [0.29, 0.717) is 0 Å². The predicted octanol–water partition coefficient (Wildman–Crippen LogP) is 2.66. The zero-order valence-electron chi connectivity index (χ0n) is 9.71. The zero-order chi connectivity index (χ0) is 10.6. The Kier molecular flexibility index (Phi) is 3.95. The van der Waals surface area contributed by atoms with E-state index < -0.39 is 0 Å². The van der Waals surface area contributed by atoms with Crippen molar-refractivity contribution in [1.29, 1.82) is 5.26 Å². The molecule has 0 radical (unpaired) electrons. The van der Waals surface area contributed by atoms with Crippen molar-refractivity contribution in [2.24, 2.45) is 11.3 Å². The fourth-order valence-corrected chi connectivity index (χ4v) is 1.78. The average molecular weight is 194 g/mol. The third-order valence-electron chi connectivity index (χ3n) is 3.23. The van der Waals surface area contributed by atoms with Crippen LogP contribution in [0.1, 0.15) is 40.0 Å². The molecule has 2 nitrogen and oxygen atoms in total. The van der Waals surface area contributed by atoms with Crippen molar-refractivity contribution in [3.8, 4) is 6.07 Å². The molecule has 80 valence electrons. The highest BCUT2D eigenvalue weighted by molar-refractivity contribution is 4.92. The van der Waals surface area contributed by atoms with Crippen molar-refractivity contribution in [1.82, 2.24) is 4.90 Å². The molecule has 0 saturated carbocycles. The maximum atomic E-state index is 8.90. The number of nitriles is 1. The molecule has 1 heterocycles. The van der Waals surface area contributed by atoms with Gasteiger partial charge in [-0.25, -0.2) is 0 Å². The summed E-state index contributed by atoms with van der Waals surface area (Å²) < 4.78 is 0. The molecule has 0 N–H and O–H groups in total. The number of piperidine rings is 1. The summed E-state index contributed by atoms with van der Waals surface area (Å²) in [7, 11) is 0. The summed E-state index contributed by atoms with van der Waals surface area (Å²) in [5.41, 5.74) is -0.150. The molecule has 0 spiro atoms. The highest BCUT2D eigenvalue weighted by atomic mass is 15.1. The van der Waals surface area contributed by atoms with Gasteiger partial charge in [-0.15, -0.1) is 0 Å². The maximum Gasteiger partial charge on any atom is 0.0684 e. The van der Waals surface area contributed by atoms with Gasteiger partial charge in [-0.2, -0.15) is 5.26 Å². The normalized spacial score (nSPS) is 20.7. The third kappa shape index (κ3) is 3.67. The Morgan fingerprint density at radius 1 is 1.36 bits per heavy atom. The van der Waals surface area contributed by atoms with E-state index in [4.69, 9.17) is 5.26 Å². The van der Waals surface area contributed by atoms with Crippen LogP contribution in [0.3, 0.4) is 0 Å². The number of rotatable bonds is 3. The molecular weight excluding hydrogens is 172 g/mol. The Labute approximate surface area is 87.9 Å². The van der Waals surface area contributed by atoms with Crippen LogP contribution < -0.4 is 0 Å². The fraction of sp³-hybridized carbons (Fsp3) is 0.917. The molecule has 0 aromatic heterocycles. The Morgan fingerprint density at radius 3 is 2.43 bits per heavy atom. The summed E-state index contributed by atoms with van der Waals surface area (Å²) >= 11 is 0. The summed E-state index contributed by atoms with van der Waals surface area (Å²) in [4.78, 5) is 2.50. The first-order valence-electron chi connectivity index (χ1n) is 5.67. The average Bonchev–Trinajstić information content (AvgIpc) is 2.17. The van der Waals surface area contributed by atoms with Gasteiger partial charge in [0.05, 0.1) is 11.5 Å². The Morgan fingerprint density at radius 2 is 1.93 bits per heavy atom. The van der Waals surface area contributed by atoms with Gasteiger partial charge >= 0.3 is 0 Å². The third-order valence-corrected chi connectivity index (χ3v) is 3.23. The van der Waals surface area contributed by atoms with Gasteiger partial charge in [-0.05, 0) is 58.7 Å². The van der Waals surface area contributed by atoms with Crippen molar-refractivity contribution >= 4 is 0 Å². The number of likely N-dealkylation sites (tertiary alicyclic amines) is 1. The molecule has 1 fully saturated rings. The second kappa shape index (κ2) is 4.79. The molecule has 0 bridgehead atoms. The van der Waals surface area contributed by atoms with Crippen LogP contribution in [-0.2, 0) is 0 Å². The molecule has 0 aromatic carbocycles. The molecule has 1 saturated heterocycles. The van der Waals surface area contributed by atoms with Crippen molar-refractivity contribution in [2.75, 3.05) is 19.6 Å². The monoisotopic (exact) mass is 194 g/mol. The lowest BCUT2D eigenvalue weighted by Crippen LogP contribution is -2.35. The van der Waals surface area contributed by atoms with E-state index in [9.17, 15) is 0 Å². The maximum absolute atomic E-state index is 8.90. The van der Waals surface area contributed by atoms with E-state index in [2.05, 4.69) is 17.9 Å². The van der Waals surface area contributed by atoms with Gasteiger partial charge in [-0.3, -0.25) is 0 Å². The quantitative estimate of drug-likeness (QED) is 0.690. The van der Waals surface area contributed by atoms with Crippen LogP contribution in [0.4, 0.5) is 0 Å². The van der Waals surface area contributed by atoms with Crippen LogP contribution in [0.5, 0.6) is 0 Å². The number of hydrogen-bond donors (Lipinski definition) is 0. The molecule has 1 aliphatic heterocycles. The van der Waals surface area contributed by atoms with Gasteiger partial charge in [-0.1, -0.05) is 6.92 Å². The smallest absolute Gasteiger partial charge is 0.0684 e. The van der Waals surface area contributed by atoms with Crippen LogP contribution in [0.2, 0.25) is 0 Å². The van der Waals surface area contributed by atoms with Gasteiger partial charge in [0, 0.05) is 0 Å². The lowest BCUT2D eigenvalue weighted by Gasteiger charge is -2.31. The second-order valence-electron chi connectivity index (χ2n) is 5.27. The van der Waals surface area contributed by atoms with Crippen LogP contribution in [0.25, 0.3) is 0 Å². The van der Waals surface area contributed by atoms with Gasteiger partial charge in [0.25, 0.3) is 0 Å². The van der Waals surface area contributed by atoms with Gasteiger partial charge in [0.1, 0.15) is 0 Å². The van der Waals surface area contributed by atoms with E-state index in [1.807, 2.05) is 13.8 Å². The molecule has 0 aromatic rings. The standard InChI is InChI=1S/C12H22N2/c1-11-4-7-14(8-5-11)9-6-12(2,3)10-13/h11H,4-9H2,1-3H3. The topological polar surface area (TPSA) is 27.0 Å². The summed E-state index contributed by atoms with van der Waals surface area (Å²) in [6.07, 6.45) is 3.65. The van der Waals surface area contributed by atoms with Gasteiger partial charge in [0.15, 0.2) is 0 Å². The molecule has 0 amide bonds. The van der Waals surface area contributed by atoms with Crippen LogP contribution in [0, 0.1) is 22.7 Å². The van der Waals surface area contributed by atoms with Crippen molar-refractivity contribution in [2.45, 2.75) is 40.0 Å². The first-order valence-corrected chi connectivity index (χ1v) is 5.67. The largest absolute Gasteiger partial charge is 0.303 e. The Bertz CT molecular complexity index is 207. The lowest BCUT2D eigenvalue weighted by atomic mass is 9.90. The van der Waals surface area contributed by atoms with E-state index in [-0.39, 0.29) is 5.41 Å². The van der Waals surface area contributed by atoms with E-state index >= 15 is 0 Å². The lowest BCUT2D eigenvalue weighted by molar-refractivity contribution is 0.176. The highest BCUT2D eigenvalue weighted by Crippen LogP contribution is 2.21. The van der Waals surface area contributed by atoms with Crippen LogP contribution in [-0.4, -0.2) is 24.5 Å². The van der Waals surface area contributed by atoms with E-state index in [0.717, 1.165) is 18.9 Å². The molecule has 1 rings (SSSR count). The summed E-state index contributed by atoms with van der Waals surface area (Å²) in [5, 5.41) is 8.90. The molecule has 0 atom stereocenters. The second-order valence-corrected chi connectivity index (χ2v) is 5.27. The Hall–Kier alpha value is -0.550. The zero-order valence-corrected chi connectivity index (χ0v) is 9.71.